The first-order valence-electron chi connectivity index (χ1n) is 37.6. The molecule has 0 fully saturated rings. The van der Waals surface area contributed by atoms with Crippen LogP contribution in [-0.2, 0) is 32.7 Å². The highest BCUT2D eigenvalue weighted by molar-refractivity contribution is 7.45. The van der Waals surface area contributed by atoms with Crippen LogP contribution in [0.4, 0.5) is 0 Å². The molecule has 0 spiro atoms. The third-order valence-corrected chi connectivity index (χ3v) is 17.7. The molecule has 2 atom stereocenters. The largest absolute Gasteiger partial charge is 0.756 e. The molecule has 9 nitrogen and oxygen atoms in total. The number of hydrogen-bond donors (Lipinski definition) is 0. The molecule has 0 amide bonds. The smallest absolute Gasteiger partial charge is 0.306 e. The summed E-state index contributed by atoms with van der Waals surface area (Å²) in [4.78, 5) is 38.1. The minimum Gasteiger partial charge on any atom is -0.756 e. The predicted molar refractivity (Wildman–Crippen MR) is 379 cm³/mol. The number of unbranched alkanes of at least 4 members (excludes halogenated alkanes) is 44. The molecule has 2 unspecified atom stereocenters. The Hall–Kier alpha value is -2.55. The average molecular weight is 1250 g/mol. The number of likely N-dealkylation sites (N-methyl/N-ethyl adjacent to an activating group) is 1. The third-order valence-electron chi connectivity index (χ3n) is 16.7. The quantitative estimate of drug-likeness (QED) is 0.0195. The van der Waals surface area contributed by atoms with E-state index in [1.54, 1.807) is 0 Å². The minimum absolute atomic E-state index is 0.0315. The van der Waals surface area contributed by atoms with Gasteiger partial charge in [0.1, 0.15) is 19.8 Å². The molecule has 0 aromatic rings. The maximum atomic E-state index is 12.9. The van der Waals surface area contributed by atoms with Gasteiger partial charge in [-0.2, -0.15) is 0 Å². The van der Waals surface area contributed by atoms with E-state index in [0.717, 1.165) is 77.0 Å². The molecule has 88 heavy (non-hydrogen) atoms. The number of allylic oxidation sites excluding steroid dienone is 12. The summed E-state index contributed by atoms with van der Waals surface area (Å²) in [6.07, 6.45) is 92.9. The van der Waals surface area contributed by atoms with Crippen LogP contribution in [0, 0.1) is 0 Å². The van der Waals surface area contributed by atoms with E-state index >= 15 is 0 Å². The van der Waals surface area contributed by atoms with Crippen LogP contribution in [-0.4, -0.2) is 70.0 Å². The van der Waals surface area contributed by atoms with Crippen LogP contribution < -0.4 is 4.89 Å². The SMILES string of the molecule is CC/C=C\C/C=C\C/C=C\C/C=C\C/C=C\C/C=C\CCCCCCCCCCCCCCC(=O)OC(COC(=O)CCCCCCCCCCCCCCCCCCCCCCCCCCCCCCCCCCC)COP(=O)([O-])OCC[N+](C)(C)C. The number of hydrogen-bond acceptors (Lipinski definition) is 8. The number of phosphoric ester groups is 1. The summed E-state index contributed by atoms with van der Waals surface area (Å²) in [7, 11) is 1.18. The van der Waals surface area contributed by atoms with Crippen LogP contribution in [0.1, 0.15) is 361 Å². The highest BCUT2D eigenvalue weighted by Crippen LogP contribution is 2.38. The van der Waals surface area contributed by atoms with E-state index in [-0.39, 0.29) is 32.0 Å². The van der Waals surface area contributed by atoms with Crippen molar-refractivity contribution in [2.75, 3.05) is 47.5 Å². The second kappa shape index (κ2) is 68.8. The molecule has 0 heterocycles. The number of carbonyl (C=O) groups is 2. The minimum atomic E-state index is -4.65. The summed E-state index contributed by atoms with van der Waals surface area (Å²) in [5.74, 6) is -0.820. The molecule has 0 aromatic carbocycles. The molecule has 514 valence electrons. The van der Waals surface area contributed by atoms with Crippen molar-refractivity contribution in [3.05, 3.63) is 72.9 Å². The van der Waals surface area contributed by atoms with E-state index in [0.29, 0.717) is 17.4 Å². The van der Waals surface area contributed by atoms with Gasteiger partial charge in [-0.3, -0.25) is 14.2 Å². The maximum absolute atomic E-state index is 12.9. The number of carbonyl (C=O) groups excluding carboxylic acids is 2. The van der Waals surface area contributed by atoms with Gasteiger partial charge in [0.25, 0.3) is 7.82 Å². The average Bonchev–Trinajstić information content (AvgIpc) is 3.68. The molecule has 0 rings (SSSR count). The summed E-state index contributed by atoms with van der Waals surface area (Å²) in [5.41, 5.74) is 0. The number of nitrogens with zero attached hydrogens (tertiary/aromatic N) is 1. The highest BCUT2D eigenvalue weighted by atomic mass is 31.2. The normalized spacial score (nSPS) is 13.5. The Labute approximate surface area is 546 Å². The van der Waals surface area contributed by atoms with E-state index in [1.165, 1.54) is 250 Å². The molecule has 0 saturated carbocycles. The Morgan fingerprint density at radius 3 is 0.966 bits per heavy atom. The van der Waals surface area contributed by atoms with Gasteiger partial charge in [0.2, 0.25) is 0 Å². The highest BCUT2D eigenvalue weighted by Gasteiger charge is 2.22. The second-order valence-electron chi connectivity index (χ2n) is 26.6. The van der Waals surface area contributed by atoms with Gasteiger partial charge in [-0.05, 0) is 64.2 Å². The monoisotopic (exact) mass is 1250 g/mol. The van der Waals surface area contributed by atoms with Gasteiger partial charge in [-0.15, -0.1) is 0 Å². The van der Waals surface area contributed by atoms with Crippen molar-refractivity contribution >= 4 is 19.8 Å². The topological polar surface area (TPSA) is 111 Å². The van der Waals surface area contributed by atoms with Crippen molar-refractivity contribution in [2.24, 2.45) is 0 Å². The van der Waals surface area contributed by atoms with E-state index in [4.69, 9.17) is 18.5 Å². The fraction of sp³-hybridized carbons (Fsp3) is 0.821. The van der Waals surface area contributed by atoms with E-state index in [2.05, 4.69) is 86.8 Å². The van der Waals surface area contributed by atoms with Gasteiger partial charge in [0.15, 0.2) is 6.10 Å². The van der Waals surface area contributed by atoms with Crippen LogP contribution >= 0.6 is 7.82 Å². The molecule has 0 radical (unpaired) electrons. The Morgan fingerprint density at radius 1 is 0.364 bits per heavy atom. The van der Waals surface area contributed by atoms with Gasteiger partial charge in [0, 0.05) is 12.8 Å². The molecule has 0 saturated heterocycles. The summed E-state index contributed by atoms with van der Waals surface area (Å²) in [5, 5.41) is 0. The standard InChI is InChI=1S/C78H144NO8P/c1-6-8-10-12-14-16-18-20-22-24-26-28-30-32-34-36-38-39-41-42-44-46-48-50-52-54-56-58-60-62-64-66-68-70-77(80)84-74-76(75-86-88(82,83)85-73-72-79(3,4)5)87-78(81)71-69-67-65-63-61-59-57-55-53-51-49-47-45-43-40-37-35-33-31-29-27-25-23-21-19-17-15-13-11-9-7-2/h9,11,15,17,21,23,27,29,33,35,40,43,76H,6-8,10,12-14,16,18-20,22,24-26,28,30-32,34,36-39,41-42,44-75H2,1-5H3/b11-9-,17-15-,23-21-,29-27-,35-33-,43-40-. The van der Waals surface area contributed by atoms with Crippen LogP contribution in [0.15, 0.2) is 72.9 Å². The predicted octanol–water partition coefficient (Wildman–Crippen LogP) is 24.1. The van der Waals surface area contributed by atoms with Crippen LogP contribution in [0.2, 0.25) is 0 Å². The van der Waals surface area contributed by atoms with Crippen LogP contribution in [0.3, 0.4) is 0 Å². The zero-order valence-electron chi connectivity index (χ0n) is 58.7. The first kappa shape index (κ1) is 85.5. The molecule has 0 aliphatic carbocycles. The Morgan fingerprint density at radius 2 is 0.648 bits per heavy atom. The molecule has 0 bridgehead atoms. The first-order valence-corrected chi connectivity index (χ1v) is 39.1. The lowest BCUT2D eigenvalue weighted by atomic mass is 10.0. The molecule has 0 aliphatic rings. The van der Waals surface area contributed by atoms with Gasteiger partial charge >= 0.3 is 11.9 Å². The van der Waals surface area contributed by atoms with Crippen molar-refractivity contribution in [1.29, 1.82) is 0 Å². The molecule has 0 N–H and O–H groups in total. The van der Waals surface area contributed by atoms with E-state index < -0.39 is 26.5 Å². The third kappa shape index (κ3) is 72.5. The van der Waals surface area contributed by atoms with Crippen LogP contribution in [0.25, 0.3) is 0 Å². The van der Waals surface area contributed by atoms with Crippen LogP contribution in [0.5, 0.6) is 0 Å². The van der Waals surface area contributed by atoms with Crippen molar-refractivity contribution in [3.8, 4) is 0 Å². The summed E-state index contributed by atoms with van der Waals surface area (Å²) < 4.78 is 34.4. The fourth-order valence-corrected chi connectivity index (χ4v) is 11.7. The van der Waals surface area contributed by atoms with Gasteiger partial charge in [-0.1, -0.05) is 356 Å². The molecule has 0 aromatic heterocycles. The number of ether oxygens (including phenoxy) is 2. The van der Waals surface area contributed by atoms with Crippen molar-refractivity contribution in [2.45, 2.75) is 367 Å². The fourth-order valence-electron chi connectivity index (χ4n) is 11.0. The number of quaternary nitrogens is 1. The number of esters is 2. The lowest BCUT2D eigenvalue weighted by molar-refractivity contribution is -0.870. The molecular weight excluding hydrogens is 1110 g/mol. The van der Waals surface area contributed by atoms with Crippen molar-refractivity contribution in [3.63, 3.8) is 0 Å². The Balaban J connectivity index is 3.98. The van der Waals surface area contributed by atoms with E-state index in [9.17, 15) is 19.0 Å². The van der Waals surface area contributed by atoms with Gasteiger partial charge in [0.05, 0.1) is 27.7 Å². The molecule has 0 aliphatic heterocycles. The van der Waals surface area contributed by atoms with Crippen molar-refractivity contribution < 1.29 is 42.1 Å². The van der Waals surface area contributed by atoms with Crippen molar-refractivity contribution in [1.82, 2.24) is 0 Å². The maximum Gasteiger partial charge on any atom is 0.306 e. The zero-order valence-corrected chi connectivity index (χ0v) is 59.6. The first-order chi connectivity index (χ1) is 43.0. The molecular formula is C78H144NO8P. The zero-order chi connectivity index (χ0) is 64.1. The second-order valence-corrected chi connectivity index (χ2v) is 28.1. The lowest BCUT2D eigenvalue weighted by Gasteiger charge is -2.28. The van der Waals surface area contributed by atoms with Gasteiger partial charge < -0.3 is 27.9 Å². The van der Waals surface area contributed by atoms with E-state index in [1.807, 2.05) is 21.1 Å². The number of phosphoric acid groups is 1. The Kier molecular flexibility index (Phi) is 66.8. The summed E-state index contributed by atoms with van der Waals surface area (Å²) >= 11 is 0. The molecule has 10 heteroatoms. The summed E-state index contributed by atoms with van der Waals surface area (Å²) in [6, 6.07) is 0. The number of rotatable bonds is 70. The Bertz CT molecular complexity index is 1710. The van der Waals surface area contributed by atoms with Gasteiger partial charge in [-0.25, -0.2) is 0 Å². The summed E-state index contributed by atoms with van der Waals surface area (Å²) in [6.45, 7) is 4.18. The lowest BCUT2D eigenvalue weighted by Crippen LogP contribution is -2.37.